The fourth-order valence-electron chi connectivity index (χ4n) is 3.86. The molecule has 0 atom stereocenters. The van der Waals surface area contributed by atoms with Crippen molar-refractivity contribution in [3.05, 3.63) is 135 Å². The average Bonchev–Trinajstić information content (AvgIpc) is 3.09. The lowest BCUT2D eigenvalue weighted by atomic mass is 10.2. The van der Waals surface area contributed by atoms with Crippen LogP contribution in [0.3, 0.4) is 0 Å². The molecular formula is C35H28Cl3F9N6O4. The highest BCUT2D eigenvalue weighted by Gasteiger charge is 2.35. The van der Waals surface area contributed by atoms with E-state index in [0.717, 1.165) is 30.3 Å². The highest BCUT2D eigenvalue weighted by molar-refractivity contribution is 6.32. The van der Waals surface area contributed by atoms with E-state index < -0.39 is 57.3 Å². The van der Waals surface area contributed by atoms with Crippen molar-refractivity contribution >= 4 is 75.3 Å². The summed E-state index contributed by atoms with van der Waals surface area (Å²) in [5.41, 5.74) is 13.3. The first-order chi connectivity index (χ1) is 26.3. The second-order valence-electron chi connectivity index (χ2n) is 10.8. The lowest BCUT2D eigenvalue weighted by Gasteiger charge is -2.12. The van der Waals surface area contributed by atoms with Crippen LogP contribution >= 0.6 is 34.8 Å². The van der Waals surface area contributed by atoms with Gasteiger partial charge in [-0.05, 0) is 103 Å². The van der Waals surface area contributed by atoms with E-state index in [1.54, 1.807) is 24.3 Å². The number of urea groups is 2. The number of nitrogen functional groups attached to an aromatic ring is 2. The number of hydrogen-bond donors (Lipinski definition) is 8. The Morgan fingerprint density at radius 2 is 0.789 bits per heavy atom. The molecule has 0 fully saturated rings. The topological polar surface area (TPSA) is 189 Å². The van der Waals surface area contributed by atoms with Crippen LogP contribution in [-0.4, -0.2) is 22.3 Å². The highest BCUT2D eigenvalue weighted by atomic mass is 35.5. The summed E-state index contributed by atoms with van der Waals surface area (Å²) in [6.45, 7) is 0. The second kappa shape index (κ2) is 20.3. The van der Waals surface area contributed by atoms with Crippen LogP contribution in [0.4, 0.5) is 77.5 Å². The minimum atomic E-state index is -4.61. The number of hydrogen-bond acceptors (Lipinski definition) is 6. The number of nitrogens with one attached hydrogen (secondary N) is 3. The third-order valence-corrected chi connectivity index (χ3v) is 7.37. The van der Waals surface area contributed by atoms with E-state index in [4.69, 9.17) is 62.2 Å². The van der Waals surface area contributed by atoms with E-state index in [2.05, 4.69) is 10.6 Å². The third-order valence-electron chi connectivity index (χ3n) is 6.38. The molecule has 0 aliphatic heterocycles. The third kappa shape index (κ3) is 16.8. The summed E-state index contributed by atoms with van der Waals surface area (Å²) >= 11 is 16.1. The van der Waals surface area contributed by atoms with Crippen LogP contribution in [0, 0.1) is 0 Å². The van der Waals surface area contributed by atoms with Crippen LogP contribution in [0.5, 0.6) is 11.5 Å². The summed E-state index contributed by atoms with van der Waals surface area (Å²) < 4.78 is 111. The van der Waals surface area contributed by atoms with E-state index in [-0.39, 0.29) is 33.6 Å². The van der Waals surface area contributed by atoms with E-state index in [9.17, 15) is 49.1 Å². The fourth-order valence-corrected chi connectivity index (χ4v) is 4.53. The van der Waals surface area contributed by atoms with E-state index in [1.807, 2.05) is 5.32 Å². The normalized spacial score (nSPS) is 10.9. The molecule has 5 rings (SSSR count). The first-order valence-corrected chi connectivity index (χ1v) is 16.2. The predicted octanol–water partition coefficient (Wildman–Crippen LogP) is 11.5. The number of phenolic OH excluding ortho intramolecular Hbond substituents is 2. The Balaban J connectivity index is 0.000000279. The number of rotatable bonds is 3. The van der Waals surface area contributed by atoms with Crippen molar-refractivity contribution in [2.75, 3.05) is 27.4 Å². The summed E-state index contributed by atoms with van der Waals surface area (Å²) in [6, 6.07) is 19.6. The van der Waals surface area contributed by atoms with Crippen molar-refractivity contribution in [1.82, 2.24) is 0 Å². The Morgan fingerprint density at radius 1 is 0.474 bits per heavy atom. The zero-order valence-electron chi connectivity index (χ0n) is 28.3. The van der Waals surface area contributed by atoms with Crippen LogP contribution < -0.4 is 33.2 Å². The number of alkyl halides is 9. The maximum absolute atomic E-state index is 12.7. The molecule has 0 spiro atoms. The summed E-state index contributed by atoms with van der Waals surface area (Å²) in [6.07, 6.45) is -13.6. The van der Waals surface area contributed by atoms with Gasteiger partial charge in [-0.25, -0.2) is 9.59 Å². The van der Waals surface area contributed by atoms with Crippen LogP contribution in [-0.2, 0) is 18.5 Å². The van der Waals surface area contributed by atoms with Crippen molar-refractivity contribution in [3.63, 3.8) is 0 Å². The van der Waals surface area contributed by atoms with Crippen LogP contribution in [0.25, 0.3) is 0 Å². The monoisotopic (exact) mass is 872 g/mol. The summed E-state index contributed by atoms with van der Waals surface area (Å²) in [7, 11) is 0. The predicted molar refractivity (Wildman–Crippen MR) is 200 cm³/mol. The van der Waals surface area contributed by atoms with Gasteiger partial charge >= 0.3 is 30.6 Å². The van der Waals surface area contributed by atoms with Gasteiger partial charge in [0.2, 0.25) is 0 Å². The molecule has 0 heterocycles. The minimum absolute atomic E-state index is 0.0264. The largest absolute Gasteiger partial charge is 0.508 e. The van der Waals surface area contributed by atoms with Gasteiger partial charge in [-0.3, -0.25) is 0 Å². The molecule has 0 radical (unpaired) electrons. The molecule has 5 aromatic rings. The smallest absolute Gasteiger partial charge is 0.417 e. The van der Waals surface area contributed by atoms with E-state index >= 15 is 0 Å². The highest BCUT2D eigenvalue weighted by Crippen LogP contribution is 2.38. The summed E-state index contributed by atoms with van der Waals surface area (Å²) in [4.78, 5) is 22.1. The Hall–Kier alpha value is -5.92. The number of halogens is 12. The molecule has 22 heteroatoms. The molecule has 306 valence electrons. The zero-order valence-corrected chi connectivity index (χ0v) is 30.6. The number of phenols is 2. The van der Waals surface area contributed by atoms with Gasteiger partial charge in [0.15, 0.2) is 0 Å². The molecule has 10 nitrogen and oxygen atoms in total. The van der Waals surface area contributed by atoms with Gasteiger partial charge < -0.3 is 43.4 Å². The van der Waals surface area contributed by atoms with Gasteiger partial charge in [0, 0.05) is 28.4 Å². The molecule has 0 saturated heterocycles. The standard InChI is InChI=1S/C14H10ClF3N2O2.C8H6ClF3N2O.C7H5ClF3N.C6H7NO/c15-12-6-3-9(7-11(12)14(16,17)18)20-13(22)19-8-1-4-10(21)5-2-8;9-6-2-1-4(14-7(13)15)3-5(6)8(10,11)12;8-6-2-1-4(12)3-5(6)7(9,10)11;7-5-1-3-6(8)4-2-5/h1-7,21H,(H2,19,20,22);1-3H,(H3,13,14,15);1-3H,12H2;1-4,8H,7H2. The van der Waals surface area contributed by atoms with Crippen LogP contribution in [0.2, 0.25) is 15.1 Å². The molecule has 0 aliphatic carbocycles. The van der Waals surface area contributed by atoms with Gasteiger partial charge in [0.1, 0.15) is 11.5 Å². The van der Waals surface area contributed by atoms with Gasteiger partial charge in [0.05, 0.1) is 31.8 Å². The number of carbonyl (C=O) groups excluding carboxylic acids is 2. The first-order valence-electron chi connectivity index (χ1n) is 15.1. The van der Waals surface area contributed by atoms with Crippen molar-refractivity contribution in [3.8, 4) is 11.5 Å². The Bertz CT molecular complexity index is 2100. The molecule has 57 heavy (non-hydrogen) atoms. The molecule has 0 aromatic heterocycles. The van der Waals surface area contributed by atoms with Crippen molar-refractivity contribution in [2.24, 2.45) is 5.73 Å². The molecular weight excluding hydrogens is 846 g/mol. The maximum Gasteiger partial charge on any atom is 0.417 e. The van der Waals surface area contributed by atoms with Crippen molar-refractivity contribution in [2.45, 2.75) is 18.5 Å². The second-order valence-corrected chi connectivity index (χ2v) is 12.1. The SMILES string of the molecule is NC(=O)Nc1ccc(Cl)c(C(F)(F)F)c1.Nc1ccc(Cl)c(C(F)(F)F)c1.Nc1ccc(O)cc1.O=C(Nc1ccc(O)cc1)Nc1ccc(Cl)c(C(F)(F)F)c1. The molecule has 0 aliphatic rings. The van der Waals surface area contributed by atoms with Crippen LogP contribution in [0.1, 0.15) is 16.7 Å². The van der Waals surface area contributed by atoms with Gasteiger partial charge in [-0.1, -0.05) is 34.8 Å². The fraction of sp³-hybridized carbons (Fsp3) is 0.0857. The first kappa shape index (κ1) is 47.2. The Labute approximate surface area is 331 Å². The Kier molecular flexibility index (Phi) is 16.8. The number of primary amides is 1. The number of anilines is 5. The van der Waals surface area contributed by atoms with E-state index in [1.165, 1.54) is 42.5 Å². The molecule has 5 aromatic carbocycles. The van der Waals surface area contributed by atoms with E-state index in [0.29, 0.717) is 17.4 Å². The molecule has 0 saturated carbocycles. The maximum atomic E-state index is 12.7. The molecule has 0 unspecified atom stereocenters. The number of aromatic hydroxyl groups is 2. The molecule has 4 amide bonds. The summed E-state index contributed by atoms with van der Waals surface area (Å²) in [5.74, 6) is 0.276. The number of amides is 4. The molecule has 11 N–H and O–H groups in total. The quantitative estimate of drug-likeness (QED) is 0.0506. The minimum Gasteiger partial charge on any atom is -0.508 e. The molecule has 0 bridgehead atoms. The lowest BCUT2D eigenvalue weighted by Crippen LogP contribution is -2.19. The Morgan fingerprint density at radius 3 is 1.16 bits per heavy atom. The van der Waals surface area contributed by atoms with Gasteiger partial charge in [-0.15, -0.1) is 0 Å². The van der Waals surface area contributed by atoms with Crippen molar-refractivity contribution in [1.29, 1.82) is 0 Å². The van der Waals surface area contributed by atoms with Crippen molar-refractivity contribution < 1.29 is 59.3 Å². The number of carbonyl (C=O) groups is 2. The number of benzene rings is 5. The summed E-state index contributed by atoms with van der Waals surface area (Å²) in [5, 5.41) is 23.3. The average molecular weight is 874 g/mol. The van der Waals surface area contributed by atoms with Gasteiger partial charge in [-0.2, -0.15) is 39.5 Å². The lowest BCUT2D eigenvalue weighted by molar-refractivity contribution is -0.138. The zero-order chi connectivity index (χ0) is 43.3. The number of nitrogens with two attached hydrogens (primary N) is 3. The van der Waals surface area contributed by atoms with Gasteiger partial charge in [0.25, 0.3) is 0 Å². The van der Waals surface area contributed by atoms with Crippen LogP contribution in [0.15, 0.2) is 103 Å².